The van der Waals surface area contributed by atoms with Gasteiger partial charge in [-0.3, -0.25) is 0 Å². The molecule has 2 heterocycles. The van der Waals surface area contributed by atoms with E-state index < -0.39 is 0 Å². The Bertz CT molecular complexity index is 816. The van der Waals surface area contributed by atoms with Crippen molar-refractivity contribution in [2.45, 2.75) is 50.6 Å². The third kappa shape index (κ3) is 3.57. The van der Waals surface area contributed by atoms with Crippen LogP contribution in [0.5, 0.6) is 0 Å². The maximum Gasteiger partial charge on any atom is 0.200 e. The molecule has 150 valence electrons. The highest BCUT2D eigenvalue weighted by Gasteiger charge is 2.48. The summed E-state index contributed by atoms with van der Waals surface area (Å²) < 4.78 is 12.5. The van der Waals surface area contributed by atoms with Crippen LogP contribution in [0.2, 0.25) is 0 Å². The van der Waals surface area contributed by atoms with Crippen LogP contribution < -0.4 is 0 Å². The van der Waals surface area contributed by atoms with Crippen molar-refractivity contribution < 1.29 is 9.47 Å². The fraction of sp³-hybridized carbons (Fsp3) is 0.440. The topological polar surface area (TPSA) is 43.2 Å². The quantitative estimate of drug-likeness (QED) is 0.634. The van der Waals surface area contributed by atoms with Gasteiger partial charge >= 0.3 is 0 Å². The predicted molar refractivity (Wildman–Crippen MR) is 115 cm³/mol. The van der Waals surface area contributed by atoms with Gasteiger partial charge in [-0.1, -0.05) is 86.3 Å². The number of rotatable bonds is 4. The lowest BCUT2D eigenvalue weighted by Gasteiger charge is -2.30. The van der Waals surface area contributed by atoms with E-state index in [1.165, 1.54) is 24.0 Å². The summed E-state index contributed by atoms with van der Waals surface area (Å²) in [5, 5.41) is 0. The Morgan fingerprint density at radius 3 is 1.52 bits per heavy atom. The van der Waals surface area contributed by atoms with Gasteiger partial charge in [-0.05, 0) is 24.0 Å². The molecule has 0 N–H and O–H groups in total. The second kappa shape index (κ2) is 8.02. The molecule has 2 aliphatic heterocycles. The molecule has 1 saturated carbocycles. The summed E-state index contributed by atoms with van der Waals surface area (Å²) in [5.41, 5.74) is 2.12. The molecule has 3 aliphatic rings. The molecule has 0 saturated heterocycles. The van der Waals surface area contributed by atoms with Crippen LogP contribution in [-0.4, -0.2) is 25.0 Å². The van der Waals surface area contributed by atoms with Crippen molar-refractivity contribution in [3.63, 3.8) is 0 Å². The molecule has 5 rings (SSSR count). The van der Waals surface area contributed by atoms with Crippen molar-refractivity contribution in [1.82, 2.24) is 0 Å². The van der Waals surface area contributed by atoms with Crippen molar-refractivity contribution in [2.24, 2.45) is 15.4 Å². The van der Waals surface area contributed by atoms with Gasteiger partial charge in [0.2, 0.25) is 0 Å². The van der Waals surface area contributed by atoms with Crippen molar-refractivity contribution in [3.8, 4) is 0 Å². The fourth-order valence-electron chi connectivity index (χ4n) is 4.81. The zero-order chi connectivity index (χ0) is 19.5. The summed E-state index contributed by atoms with van der Waals surface area (Å²) in [7, 11) is 0. The Morgan fingerprint density at radius 2 is 1.07 bits per heavy atom. The summed E-state index contributed by atoms with van der Waals surface area (Å²) in [6.07, 6.45) is 6.86. The van der Waals surface area contributed by atoms with Crippen LogP contribution in [0.1, 0.15) is 61.7 Å². The normalized spacial score (nSPS) is 26.1. The first-order valence-corrected chi connectivity index (χ1v) is 10.9. The Morgan fingerprint density at radius 1 is 0.621 bits per heavy atom. The predicted octanol–water partition coefficient (Wildman–Crippen LogP) is 5.67. The lowest BCUT2D eigenvalue weighted by molar-refractivity contribution is 0.240. The Labute approximate surface area is 172 Å². The van der Waals surface area contributed by atoms with Crippen LogP contribution >= 0.6 is 0 Å². The molecular formula is C25H28N2O2. The Balaban J connectivity index is 1.49. The minimum Gasteiger partial charge on any atom is -0.478 e. The van der Waals surface area contributed by atoms with E-state index in [0.29, 0.717) is 13.2 Å². The van der Waals surface area contributed by atoms with Gasteiger partial charge in [0.15, 0.2) is 11.8 Å². The van der Waals surface area contributed by atoms with Gasteiger partial charge in [-0.2, -0.15) is 0 Å². The van der Waals surface area contributed by atoms with E-state index in [2.05, 4.69) is 48.5 Å². The maximum absolute atomic E-state index is 6.26. The van der Waals surface area contributed by atoms with E-state index in [9.17, 15) is 0 Å². The third-order valence-electron chi connectivity index (χ3n) is 6.45. The number of hydrogen-bond acceptors (Lipinski definition) is 4. The van der Waals surface area contributed by atoms with E-state index >= 15 is 0 Å². The van der Waals surface area contributed by atoms with Gasteiger partial charge in [0.05, 0.1) is 0 Å². The molecular weight excluding hydrogens is 360 g/mol. The van der Waals surface area contributed by atoms with Crippen LogP contribution in [0, 0.1) is 5.41 Å². The number of benzene rings is 2. The highest BCUT2D eigenvalue weighted by Crippen LogP contribution is 2.44. The Kier molecular flexibility index (Phi) is 5.09. The van der Waals surface area contributed by atoms with E-state index in [-0.39, 0.29) is 17.5 Å². The summed E-state index contributed by atoms with van der Waals surface area (Å²) >= 11 is 0. The molecule has 4 heteroatoms. The van der Waals surface area contributed by atoms with Crippen LogP contribution in [-0.2, 0) is 9.47 Å². The Hall–Kier alpha value is -2.62. The fourth-order valence-corrected chi connectivity index (χ4v) is 4.81. The molecule has 1 aliphatic carbocycles. The molecule has 2 unspecified atom stereocenters. The van der Waals surface area contributed by atoms with Crippen molar-refractivity contribution in [2.75, 3.05) is 13.2 Å². The van der Waals surface area contributed by atoms with E-state index in [1.54, 1.807) is 0 Å². The zero-order valence-corrected chi connectivity index (χ0v) is 16.8. The molecule has 0 aromatic heterocycles. The van der Waals surface area contributed by atoms with Crippen molar-refractivity contribution in [3.05, 3.63) is 71.8 Å². The molecule has 29 heavy (non-hydrogen) atoms. The first-order chi connectivity index (χ1) is 14.4. The monoisotopic (exact) mass is 388 g/mol. The maximum atomic E-state index is 6.26. The molecule has 2 aromatic rings. The summed E-state index contributed by atoms with van der Waals surface area (Å²) in [4.78, 5) is 10.1. The van der Waals surface area contributed by atoms with Crippen LogP contribution in [0.3, 0.4) is 0 Å². The minimum atomic E-state index is -0.302. The summed E-state index contributed by atoms with van der Waals surface area (Å²) in [5.74, 6) is 1.70. The second-order valence-corrected chi connectivity index (χ2v) is 8.34. The molecule has 0 bridgehead atoms. The minimum absolute atomic E-state index is 0.0678. The average Bonchev–Trinajstić information content (AvgIpc) is 3.42. The number of ether oxygens (including phenoxy) is 2. The lowest BCUT2D eigenvalue weighted by atomic mass is 9.79. The van der Waals surface area contributed by atoms with Crippen molar-refractivity contribution >= 4 is 11.8 Å². The molecule has 0 radical (unpaired) electrons. The van der Waals surface area contributed by atoms with E-state index in [1.807, 2.05) is 12.1 Å². The first-order valence-electron chi connectivity index (χ1n) is 10.9. The molecule has 1 fully saturated rings. The van der Waals surface area contributed by atoms with E-state index in [4.69, 9.17) is 19.5 Å². The van der Waals surface area contributed by atoms with E-state index in [0.717, 1.165) is 37.5 Å². The number of hydrogen-bond donors (Lipinski definition) is 0. The standard InChI is InChI=1S/C25H28N2O2/c1-2-10-16-25(15-9-1,23-26-21(17-28-23)19-11-5-3-6-12-19)24-27-22(18-29-24)20-13-7-4-8-14-20/h3-8,11-14,21-22H,1-2,9-10,15-18H2. The van der Waals surface area contributed by atoms with Gasteiger partial charge in [-0.15, -0.1) is 0 Å². The van der Waals surface area contributed by atoms with Gasteiger partial charge < -0.3 is 9.47 Å². The molecule has 2 atom stereocenters. The third-order valence-corrected chi connectivity index (χ3v) is 6.45. The SMILES string of the molecule is c1ccc(C2COC(C3(C4=NC(c5ccccc5)CO4)CCCCCC3)=N2)cc1. The molecule has 0 amide bonds. The van der Waals surface area contributed by atoms with Gasteiger partial charge in [-0.25, -0.2) is 9.98 Å². The smallest absolute Gasteiger partial charge is 0.200 e. The highest BCUT2D eigenvalue weighted by atomic mass is 16.5. The van der Waals surface area contributed by atoms with Gasteiger partial charge in [0, 0.05) is 0 Å². The zero-order valence-electron chi connectivity index (χ0n) is 16.8. The summed E-state index contributed by atoms with van der Waals surface area (Å²) in [6, 6.07) is 21.0. The number of aliphatic imine (C=N–C) groups is 2. The van der Waals surface area contributed by atoms with Crippen LogP contribution in [0.25, 0.3) is 0 Å². The largest absolute Gasteiger partial charge is 0.478 e. The second-order valence-electron chi connectivity index (χ2n) is 8.34. The number of nitrogens with zero attached hydrogens (tertiary/aromatic N) is 2. The van der Waals surface area contributed by atoms with Crippen molar-refractivity contribution in [1.29, 1.82) is 0 Å². The molecule has 0 spiro atoms. The van der Waals surface area contributed by atoms with Crippen LogP contribution in [0.15, 0.2) is 70.6 Å². The van der Waals surface area contributed by atoms with Gasteiger partial charge in [0.1, 0.15) is 30.7 Å². The summed E-state index contributed by atoms with van der Waals surface area (Å²) in [6.45, 7) is 1.22. The average molecular weight is 389 g/mol. The molecule has 4 nitrogen and oxygen atoms in total. The molecule has 2 aromatic carbocycles. The first kappa shape index (κ1) is 18.4. The van der Waals surface area contributed by atoms with Gasteiger partial charge in [0.25, 0.3) is 0 Å². The highest BCUT2D eigenvalue weighted by molar-refractivity contribution is 6.06. The van der Waals surface area contributed by atoms with Crippen LogP contribution in [0.4, 0.5) is 0 Å². The lowest BCUT2D eigenvalue weighted by Crippen LogP contribution is -2.39.